The molecule has 5 aromatic carbocycles. The van der Waals surface area contributed by atoms with Crippen LogP contribution < -0.4 is 24.8 Å². The molecule has 0 saturated carbocycles. The van der Waals surface area contributed by atoms with E-state index >= 15 is 0 Å². The predicted octanol–water partition coefficient (Wildman–Crippen LogP) is 1.57. The second-order valence-electron chi connectivity index (χ2n) is 8.19. The first-order valence-corrected chi connectivity index (χ1v) is 11.3. The number of fused-ring (bicyclic) bond motifs is 2. The number of halogens is 2. The topological polar surface area (TPSA) is 20.2 Å². The summed E-state index contributed by atoms with van der Waals surface area (Å²) in [5.74, 6) is 0.348. The smallest absolute Gasteiger partial charge is 1.00 e. The van der Waals surface area contributed by atoms with Crippen LogP contribution in [0.4, 0.5) is 0 Å². The minimum absolute atomic E-state index is 0. The fourth-order valence-corrected chi connectivity index (χ4v) is 4.30. The predicted molar refractivity (Wildman–Crippen MR) is 137 cm³/mol. The van der Waals surface area contributed by atoms with E-state index in [-0.39, 0.29) is 46.5 Å². The molecule has 1 aliphatic carbocycles. The van der Waals surface area contributed by atoms with Crippen molar-refractivity contribution in [3.63, 3.8) is 0 Å². The molecule has 1 N–H and O–H groups in total. The van der Waals surface area contributed by atoms with Gasteiger partial charge in [-0.25, -0.2) is 0 Å². The molecule has 4 heteroatoms. The third kappa shape index (κ3) is 6.76. The zero-order chi connectivity index (χ0) is 22.5. The molecule has 1 radical (unpaired) electrons. The fourth-order valence-electron chi connectivity index (χ4n) is 4.30. The van der Waals surface area contributed by atoms with Crippen LogP contribution in [-0.4, -0.2) is 5.11 Å². The van der Waals surface area contributed by atoms with Crippen LogP contribution in [0.2, 0.25) is 0 Å². The van der Waals surface area contributed by atoms with E-state index in [2.05, 4.69) is 78.9 Å². The first-order valence-electron chi connectivity index (χ1n) is 11.3. The summed E-state index contributed by atoms with van der Waals surface area (Å²) in [6.45, 7) is 0. The Morgan fingerprint density at radius 3 is 1.83 bits per heavy atom. The van der Waals surface area contributed by atoms with Gasteiger partial charge >= 0.3 is 21.7 Å². The van der Waals surface area contributed by atoms with Crippen molar-refractivity contribution in [1.29, 1.82) is 0 Å². The Labute approximate surface area is 240 Å². The van der Waals surface area contributed by atoms with E-state index in [1.807, 2.05) is 60.7 Å². The summed E-state index contributed by atoms with van der Waals surface area (Å²) in [5, 5.41) is 12.4. The normalized spacial score (nSPS) is 12.9. The van der Waals surface area contributed by atoms with Crippen LogP contribution in [0.5, 0.6) is 0 Å². The number of hydrogen-bond acceptors (Lipinski definition) is 1. The van der Waals surface area contributed by atoms with Gasteiger partial charge in [0.05, 0.1) is 0 Å². The quantitative estimate of drug-likeness (QED) is 0.270. The minimum Gasteiger partial charge on any atom is -1.00 e. The van der Waals surface area contributed by atoms with Crippen molar-refractivity contribution < 1.29 is 51.6 Å². The summed E-state index contributed by atoms with van der Waals surface area (Å²) in [4.78, 5) is 0. The van der Waals surface area contributed by atoms with Crippen molar-refractivity contribution in [3.8, 4) is 0 Å². The Morgan fingerprint density at radius 1 is 0.611 bits per heavy atom. The molecule has 1 atom stereocenters. The largest absolute Gasteiger partial charge is 3.00 e. The first kappa shape index (κ1) is 29.6. The van der Waals surface area contributed by atoms with Crippen molar-refractivity contribution in [2.45, 2.75) is 12.0 Å². The van der Waals surface area contributed by atoms with Gasteiger partial charge in [-0.15, -0.1) is 46.7 Å². The van der Waals surface area contributed by atoms with E-state index in [0.717, 1.165) is 11.1 Å². The molecule has 0 heterocycles. The fraction of sp³-hybridized carbons (Fsp3) is 0.0625. The minimum atomic E-state index is -0.516. The Balaban J connectivity index is 0.000000244. The molecule has 0 amide bonds. The van der Waals surface area contributed by atoms with E-state index in [4.69, 9.17) is 0 Å². The molecule has 0 saturated heterocycles. The molecule has 0 aliphatic heterocycles. The Kier molecular flexibility index (Phi) is 11.7. The molecule has 0 aromatic heterocycles. The summed E-state index contributed by atoms with van der Waals surface area (Å²) >= 11 is 0. The Morgan fingerprint density at radius 2 is 1.17 bits per heavy atom. The van der Waals surface area contributed by atoms with Gasteiger partial charge < -0.3 is 29.9 Å². The molecule has 5 aromatic rings. The van der Waals surface area contributed by atoms with Gasteiger partial charge in [0.15, 0.2) is 0 Å². The van der Waals surface area contributed by atoms with Gasteiger partial charge in [0.25, 0.3) is 0 Å². The van der Waals surface area contributed by atoms with E-state index in [9.17, 15) is 5.11 Å². The van der Waals surface area contributed by atoms with E-state index < -0.39 is 6.10 Å². The molecule has 36 heavy (non-hydrogen) atoms. The van der Waals surface area contributed by atoms with Gasteiger partial charge in [-0.1, -0.05) is 109 Å². The molecule has 0 fully saturated rings. The SMILES string of the molecule is OC(c1ccccc1)c1ccccc1.[Cl-].[Cl-].[Ti+3].[c-]1c(C2C=Cc3ccccc32)ccc2ccccc12. The van der Waals surface area contributed by atoms with Crippen molar-refractivity contribution in [2.24, 2.45) is 0 Å². The second-order valence-corrected chi connectivity index (χ2v) is 8.19. The van der Waals surface area contributed by atoms with Gasteiger partial charge in [-0.05, 0) is 22.3 Å². The molecular weight excluding hydrogens is 519 g/mol. The van der Waals surface area contributed by atoms with E-state index in [1.54, 1.807) is 0 Å². The summed E-state index contributed by atoms with van der Waals surface area (Å²) in [6.07, 6.45) is 3.96. The zero-order valence-corrected chi connectivity index (χ0v) is 22.6. The van der Waals surface area contributed by atoms with Crippen LogP contribution in [0.3, 0.4) is 0 Å². The third-order valence-corrected chi connectivity index (χ3v) is 6.05. The average molecular weight is 544 g/mol. The van der Waals surface area contributed by atoms with Gasteiger partial charge in [0.1, 0.15) is 6.10 Å². The molecule has 177 valence electrons. The number of allylic oxidation sites excluding steroid dienone is 1. The number of rotatable bonds is 3. The van der Waals surface area contributed by atoms with Gasteiger partial charge in [0.2, 0.25) is 0 Å². The van der Waals surface area contributed by atoms with Crippen molar-refractivity contribution >= 4 is 16.8 Å². The van der Waals surface area contributed by atoms with Crippen LogP contribution in [0.25, 0.3) is 16.8 Å². The molecular formula is C32H25Cl2OTi. The maximum atomic E-state index is 9.99. The maximum Gasteiger partial charge on any atom is 3.00 e. The third-order valence-electron chi connectivity index (χ3n) is 6.05. The zero-order valence-electron chi connectivity index (χ0n) is 19.6. The molecule has 6 rings (SSSR count). The number of benzene rings is 5. The summed E-state index contributed by atoms with van der Waals surface area (Å²) < 4.78 is 0. The van der Waals surface area contributed by atoms with Crippen molar-refractivity contribution in [3.05, 3.63) is 161 Å². The standard InChI is InChI=1S/C19H13.C13H12O.2ClH.Ti/c1-2-7-16-13-17(10-9-14(16)5-1)19-12-11-15-6-3-4-8-18(15)19;14-13(11-7-3-1-4-8-11)12-9-5-2-6-10-12;;;/h1-12,19H;1-10,13-14H;2*1H;/q-1;;;;+3/p-2. The van der Waals surface area contributed by atoms with Crippen LogP contribution in [0.15, 0.2) is 127 Å². The molecule has 0 bridgehead atoms. The van der Waals surface area contributed by atoms with Crippen molar-refractivity contribution in [1.82, 2.24) is 0 Å². The molecule has 1 nitrogen and oxygen atoms in total. The van der Waals surface area contributed by atoms with Gasteiger partial charge in [-0.2, -0.15) is 0 Å². The number of aliphatic hydroxyl groups excluding tert-OH is 1. The monoisotopic (exact) mass is 543 g/mol. The van der Waals surface area contributed by atoms with Crippen LogP contribution in [0.1, 0.15) is 39.8 Å². The van der Waals surface area contributed by atoms with Crippen LogP contribution in [0, 0.1) is 6.07 Å². The summed E-state index contributed by atoms with van der Waals surface area (Å²) in [6, 6.07) is 44.3. The van der Waals surface area contributed by atoms with Gasteiger partial charge in [0, 0.05) is 5.92 Å². The first-order chi connectivity index (χ1) is 16.3. The number of aliphatic hydroxyl groups is 1. The molecule has 1 aliphatic rings. The summed E-state index contributed by atoms with van der Waals surface area (Å²) in [5.41, 5.74) is 5.82. The van der Waals surface area contributed by atoms with Crippen LogP contribution >= 0.6 is 0 Å². The van der Waals surface area contributed by atoms with Crippen molar-refractivity contribution in [2.75, 3.05) is 0 Å². The number of hydrogen-bond donors (Lipinski definition) is 1. The van der Waals surface area contributed by atoms with E-state index in [1.165, 1.54) is 27.5 Å². The van der Waals surface area contributed by atoms with E-state index in [0.29, 0.717) is 5.92 Å². The maximum absolute atomic E-state index is 9.99. The summed E-state index contributed by atoms with van der Waals surface area (Å²) in [7, 11) is 0. The Bertz CT molecular complexity index is 1350. The van der Waals surface area contributed by atoms with Crippen LogP contribution in [-0.2, 0) is 21.7 Å². The molecule has 0 spiro atoms. The Hall–Kier alpha value is -2.65. The van der Waals surface area contributed by atoms with Gasteiger partial charge in [-0.3, -0.25) is 0 Å². The second kappa shape index (κ2) is 14.2. The molecule has 1 unspecified atom stereocenters. The average Bonchev–Trinajstić information content (AvgIpc) is 3.34.